The summed E-state index contributed by atoms with van der Waals surface area (Å²) in [5.41, 5.74) is 2.28. The third kappa shape index (κ3) is 6.02. The number of aliphatic hydroxyl groups is 1. The predicted octanol–water partition coefficient (Wildman–Crippen LogP) is 4.21. The summed E-state index contributed by atoms with van der Waals surface area (Å²) in [6.45, 7) is 4.00. The SMILES string of the molecule is CCCC(O)c1cccc(CCCCC(=O)CC)c1. The van der Waals surface area contributed by atoms with Gasteiger partial charge in [0.2, 0.25) is 0 Å². The maximum absolute atomic E-state index is 11.2. The largest absolute Gasteiger partial charge is 0.388 e. The molecule has 0 saturated carbocycles. The van der Waals surface area contributed by atoms with Gasteiger partial charge in [-0.3, -0.25) is 4.79 Å². The molecule has 19 heavy (non-hydrogen) atoms. The van der Waals surface area contributed by atoms with Gasteiger partial charge >= 0.3 is 0 Å². The van der Waals surface area contributed by atoms with Crippen LogP contribution in [-0.2, 0) is 11.2 Å². The summed E-state index contributed by atoms with van der Waals surface area (Å²) in [6, 6.07) is 8.21. The first kappa shape index (κ1) is 15.9. The van der Waals surface area contributed by atoms with Crippen molar-refractivity contribution < 1.29 is 9.90 Å². The number of ketones is 1. The molecule has 0 aliphatic carbocycles. The van der Waals surface area contributed by atoms with E-state index in [9.17, 15) is 9.90 Å². The number of rotatable bonds is 9. The van der Waals surface area contributed by atoms with E-state index in [-0.39, 0.29) is 6.10 Å². The Hall–Kier alpha value is -1.15. The van der Waals surface area contributed by atoms with E-state index in [0.717, 1.165) is 37.7 Å². The molecule has 1 unspecified atom stereocenters. The van der Waals surface area contributed by atoms with Crippen molar-refractivity contribution in [2.45, 2.75) is 64.9 Å². The van der Waals surface area contributed by atoms with E-state index >= 15 is 0 Å². The minimum absolute atomic E-state index is 0.341. The maximum Gasteiger partial charge on any atom is 0.132 e. The van der Waals surface area contributed by atoms with Crippen LogP contribution in [0, 0.1) is 0 Å². The van der Waals surface area contributed by atoms with Crippen molar-refractivity contribution in [1.29, 1.82) is 0 Å². The van der Waals surface area contributed by atoms with Crippen LogP contribution in [0.5, 0.6) is 0 Å². The van der Waals surface area contributed by atoms with E-state index in [0.29, 0.717) is 18.6 Å². The van der Waals surface area contributed by atoms with Crippen LogP contribution >= 0.6 is 0 Å². The Morgan fingerprint density at radius 2 is 2.05 bits per heavy atom. The Labute approximate surface area is 116 Å². The fraction of sp³-hybridized carbons (Fsp3) is 0.588. The summed E-state index contributed by atoms with van der Waals surface area (Å²) in [6.07, 6.45) is 5.82. The lowest BCUT2D eigenvalue weighted by molar-refractivity contribution is -0.118. The highest BCUT2D eigenvalue weighted by Gasteiger charge is 2.06. The van der Waals surface area contributed by atoms with Crippen molar-refractivity contribution >= 4 is 5.78 Å². The number of hydrogen-bond acceptors (Lipinski definition) is 2. The Kier molecular flexibility index (Phi) is 7.42. The van der Waals surface area contributed by atoms with E-state index in [4.69, 9.17) is 0 Å². The molecule has 0 radical (unpaired) electrons. The Morgan fingerprint density at radius 3 is 2.74 bits per heavy atom. The lowest BCUT2D eigenvalue weighted by Crippen LogP contribution is -1.98. The van der Waals surface area contributed by atoms with Crippen LogP contribution in [0.1, 0.15) is 69.6 Å². The molecule has 0 aliphatic rings. The molecular formula is C17H26O2. The highest BCUT2D eigenvalue weighted by Crippen LogP contribution is 2.20. The first-order valence-corrected chi connectivity index (χ1v) is 7.46. The summed E-state index contributed by atoms with van der Waals surface area (Å²) in [5, 5.41) is 9.98. The molecular weight excluding hydrogens is 236 g/mol. The van der Waals surface area contributed by atoms with Gasteiger partial charge in [-0.1, -0.05) is 44.5 Å². The predicted molar refractivity (Wildman–Crippen MR) is 79.2 cm³/mol. The summed E-state index contributed by atoms with van der Waals surface area (Å²) in [7, 11) is 0. The van der Waals surface area contributed by atoms with Crippen LogP contribution in [0.4, 0.5) is 0 Å². The summed E-state index contributed by atoms with van der Waals surface area (Å²) >= 11 is 0. The number of aliphatic hydroxyl groups excluding tert-OH is 1. The topological polar surface area (TPSA) is 37.3 Å². The molecule has 1 atom stereocenters. The van der Waals surface area contributed by atoms with Crippen LogP contribution in [0.25, 0.3) is 0 Å². The summed E-state index contributed by atoms with van der Waals surface area (Å²) in [4.78, 5) is 11.2. The molecule has 1 aromatic rings. The molecule has 2 nitrogen and oxygen atoms in total. The molecule has 2 heteroatoms. The second kappa shape index (κ2) is 8.87. The molecule has 1 N–H and O–H groups in total. The molecule has 0 aliphatic heterocycles. The van der Waals surface area contributed by atoms with Crippen LogP contribution in [0.15, 0.2) is 24.3 Å². The Morgan fingerprint density at radius 1 is 1.26 bits per heavy atom. The first-order valence-electron chi connectivity index (χ1n) is 7.46. The van der Waals surface area contributed by atoms with Crippen molar-refractivity contribution in [1.82, 2.24) is 0 Å². The third-order valence-electron chi connectivity index (χ3n) is 3.46. The number of aryl methyl sites for hydroxylation is 1. The number of Topliss-reactive ketones (excluding diaryl/α,β-unsaturated/α-hetero) is 1. The molecule has 0 amide bonds. The van der Waals surface area contributed by atoms with Crippen molar-refractivity contribution in [3.8, 4) is 0 Å². The zero-order valence-corrected chi connectivity index (χ0v) is 12.2. The van der Waals surface area contributed by atoms with Gasteiger partial charge in [0.25, 0.3) is 0 Å². The summed E-state index contributed by atoms with van der Waals surface area (Å²) in [5.74, 6) is 0.354. The first-order chi connectivity index (χ1) is 9.17. The van der Waals surface area contributed by atoms with E-state index in [1.165, 1.54) is 5.56 Å². The van der Waals surface area contributed by atoms with Gasteiger partial charge < -0.3 is 5.11 Å². The van der Waals surface area contributed by atoms with Crippen LogP contribution in [0.2, 0.25) is 0 Å². The van der Waals surface area contributed by atoms with Crippen LogP contribution < -0.4 is 0 Å². The second-order valence-corrected chi connectivity index (χ2v) is 5.15. The lowest BCUT2D eigenvalue weighted by Gasteiger charge is -2.11. The standard InChI is InChI=1S/C17H26O2/c1-3-8-17(19)15-11-7-10-14(13-15)9-5-6-12-16(18)4-2/h7,10-11,13,17,19H,3-6,8-9,12H2,1-2H3. The van der Waals surface area contributed by atoms with E-state index < -0.39 is 0 Å². The van der Waals surface area contributed by atoms with Crippen LogP contribution in [-0.4, -0.2) is 10.9 Å². The molecule has 1 rings (SSSR count). The smallest absolute Gasteiger partial charge is 0.132 e. The van der Waals surface area contributed by atoms with Gasteiger partial charge in [-0.25, -0.2) is 0 Å². The zero-order valence-electron chi connectivity index (χ0n) is 12.2. The highest BCUT2D eigenvalue weighted by atomic mass is 16.3. The molecule has 0 spiro atoms. The summed E-state index contributed by atoms with van der Waals surface area (Å²) < 4.78 is 0. The van der Waals surface area contributed by atoms with Crippen molar-refractivity contribution in [3.63, 3.8) is 0 Å². The molecule has 0 fully saturated rings. The second-order valence-electron chi connectivity index (χ2n) is 5.15. The Bertz CT molecular complexity index is 385. The molecule has 0 heterocycles. The van der Waals surface area contributed by atoms with Crippen LogP contribution in [0.3, 0.4) is 0 Å². The van der Waals surface area contributed by atoms with Gasteiger partial charge in [-0.05, 0) is 36.8 Å². The van der Waals surface area contributed by atoms with Gasteiger partial charge in [-0.2, -0.15) is 0 Å². The Balaban J connectivity index is 2.42. The third-order valence-corrected chi connectivity index (χ3v) is 3.46. The van der Waals surface area contributed by atoms with Crippen molar-refractivity contribution in [3.05, 3.63) is 35.4 Å². The molecule has 0 aromatic heterocycles. The van der Waals surface area contributed by atoms with Crippen molar-refractivity contribution in [2.75, 3.05) is 0 Å². The maximum atomic E-state index is 11.2. The number of unbranched alkanes of at least 4 members (excludes halogenated alkanes) is 1. The van der Waals surface area contributed by atoms with Gasteiger partial charge in [-0.15, -0.1) is 0 Å². The quantitative estimate of drug-likeness (QED) is 0.677. The van der Waals surface area contributed by atoms with E-state index in [1.807, 2.05) is 19.1 Å². The number of carbonyl (C=O) groups excluding carboxylic acids is 1. The monoisotopic (exact) mass is 262 g/mol. The molecule has 106 valence electrons. The van der Waals surface area contributed by atoms with Gasteiger partial charge in [0, 0.05) is 12.8 Å². The normalized spacial score (nSPS) is 12.4. The van der Waals surface area contributed by atoms with Gasteiger partial charge in [0.1, 0.15) is 5.78 Å². The minimum Gasteiger partial charge on any atom is -0.388 e. The molecule has 0 saturated heterocycles. The van der Waals surface area contributed by atoms with Gasteiger partial charge in [0.05, 0.1) is 6.10 Å². The van der Waals surface area contributed by atoms with Crippen molar-refractivity contribution in [2.24, 2.45) is 0 Å². The average molecular weight is 262 g/mol. The van der Waals surface area contributed by atoms with E-state index in [2.05, 4.69) is 19.1 Å². The minimum atomic E-state index is -0.341. The fourth-order valence-electron chi connectivity index (χ4n) is 2.22. The molecule has 0 bridgehead atoms. The zero-order chi connectivity index (χ0) is 14.1. The lowest BCUT2D eigenvalue weighted by atomic mass is 9.99. The number of hydrogen-bond donors (Lipinski definition) is 1. The fourth-order valence-corrected chi connectivity index (χ4v) is 2.22. The molecule has 1 aromatic carbocycles. The highest BCUT2D eigenvalue weighted by molar-refractivity contribution is 5.77. The number of carbonyl (C=O) groups is 1. The average Bonchev–Trinajstić information content (AvgIpc) is 2.44. The number of benzene rings is 1. The van der Waals surface area contributed by atoms with E-state index in [1.54, 1.807) is 0 Å². The van der Waals surface area contributed by atoms with Gasteiger partial charge in [0.15, 0.2) is 0 Å².